The van der Waals surface area contributed by atoms with Crippen molar-refractivity contribution >= 4 is 10.0 Å². The first-order valence-electron chi connectivity index (χ1n) is 6.81. The van der Waals surface area contributed by atoms with Gasteiger partial charge in [-0.1, -0.05) is 18.2 Å². The number of halogens is 3. The number of hydrogen-bond donors (Lipinski definition) is 0. The smallest absolute Gasteiger partial charge is 0.243 e. The van der Waals surface area contributed by atoms with Crippen molar-refractivity contribution in [3.63, 3.8) is 0 Å². The number of rotatable bonds is 3. The second kappa shape index (κ2) is 5.31. The third kappa shape index (κ3) is 3.09. The number of aromatic nitrogens is 1. The molecule has 2 heterocycles. The van der Waals surface area contributed by atoms with Gasteiger partial charge in [-0.25, -0.2) is 13.4 Å². The van der Waals surface area contributed by atoms with Crippen LogP contribution in [-0.4, -0.2) is 24.3 Å². The fraction of sp³-hybridized carbons (Fsp3) is 0.267. The Morgan fingerprint density at radius 3 is 2.30 bits per heavy atom. The molecule has 0 aliphatic carbocycles. The van der Waals surface area contributed by atoms with Crippen LogP contribution in [0.1, 0.15) is 22.7 Å². The molecule has 8 heteroatoms. The van der Waals surface area contributed by atoms with Gasteiger partial charge in [0.15, 0.2) is 5.03 Å². The van der Waals surface area contributed by atoms with Gasteiger partial charge in [-0.3, -0.25) is 0 Å². The molecular weight excluding hydrogens is 329 g/mol. The van der Waals surface area contributed by atoms with Crippen LogP contribution in [0.2, 0.25) is 0 Å². The average molecular weight is 342 g/mol. The minimum absolute atomic E-state index is 0.0579. The number of nitrogens with zero attached hydrogens (tertiary/aromatic N) is 2. The molecule has 2 atom stereocenters. The van der Waals surface area contributed by atoms with E-state index in [9.17, 15) is 21.6 Å². The van der Waals surface area contributed by atoms with Crippen LogP contribution in [0.5, 0.6) is 0 Å². The van der Waals surface area contributed by atoms with Crippen molar-refractivity contribution < 1.29 is 21.6 Å². The molecule has 122 valence electrons. The zero-order valence-electron chi connectivity index (χ0n) is 12.1. The molecular formula is C15H13F3N2O2S. The van der Waals surface area contributed by atoms with Crippen LogP contribution < -0.4 is 0 Å². The standard InChI is InChI=1S/C15H13F3N2O2S/c1-10-2-7-14(19-8-10)23(21,22)20-9-13(20)11-3-5-12(6-4-11)15(16,17)18/h2-8,13H,9H2,1H3. The highest BCUT2D eigenvalue weighted by Gasteiger charge is 2.46. The molecule has 0 radical (unpaired) electrons. The number of alkyl halides is 3. The maximum atomic E-state index is 12.5. The molecule has 1 saturated heterocycles. The molecule has 0 bridgehead atoms. The van der Waals surface area contributed by atoms with E-state index in [4.69, 9.17) is 0 Å². The molecule has 0 amide bonds. The molecule has 0 saturated carbocycles. The van der Waals surface area contributed by atoms with Crippen molar-refractivity contribution in [3.05, 3.63) is 59.3 Å². The highest BCUT2D eigenvalue weighted by atomic mass is 32.2. The molecule has 3 rings (SSSR count). The Hall–Kier alpha value is -1.93. The van der Waals surface area contributed by atoms with E-state index in [1.54, 1.807) is 13.0 Å². The largest absolute Gasteiger partial charge is 0.416 e. The second-order valence-corrected chi connectivity index (χ2v) is 7.22. The molecule has 1 aromatic heterocycles. The lowest BCUT2D eigenvalue weighted by Crippen LogP contribution is -2.14. The summed E-state index contributed by atoms with van der Waals surface area (Å²) in [6.45, 7) is 2.04. The lowest BCUT2D eigenvalue weighted by molar-refractivity contribution is -0.137. The summed E-state index contributed by atoms with van der Waals surface area (Å²) in [6.07, 6.45) is -2.94. The number of benzene rings is 1. The van der Waals surface area contributed by atoms with Gasteiger partial charge in [-0.05, 0) is 36.2 Å². The Kier molecular flexibility index (Phi) is 3.68. The van der Waals surface area contributed by atoms with Crippen molar-refractivity contribution in [3.8, 4) is 0 Å². The summed E-state index contributed by atoms with van der Waals surface area (Å²) in [5, 5.41) is -0.0579. The van der Waals surface area contributed by atoms with Crippen molar-refractivity contribution in [2.24, 2.45) is 0 Å². The van der Waals surface area contributed by atoms with Crippen molar-refractivity contribution in [1.29, 1.82) is 0 Å². The highest BCUT2D eigenvalue weighted by molar-refractivity contribution is 7.89. The third-order valence-corrected chi connectivity index (χ3v) is 5.44. The van der Waals surface area contributed by atoms with Gasteiger partial charge in [-0.2, -0.15) is 17.5 Å². The Bertz CT molecular complexity index is 815. The number of hydrogen-bond acceptors (Lipinski definition) is 3. The summed E-state index contributed by atoms with van der Waals surface area (Å²) in [6, 6.07) is 7.18. The van der Waals surface area contributed by atoms with Crippen LogP contribution >= 0.6 is 0 Å². The van der Waals surface area contributed by atoms with Crippen molar-refractivity contribution in [2.45, 2.75) is 24.2 Å². The maximum absolute atomic E-state index is 12.5. The third-order valence-electron chi connectivity index (χ3n) is 3.65. The van der Waals surface area contributed by atoms with E-state index in [0.29, 0.717) is 5.56 Å². The van der Waals surface area contributed by atoms with Gasteiger partial charge in [0.25, 0.3) is 10.0 Å². The van der Waals surface area contributed by atoms with Crippen LogP contribution in [-0.2, 0) is 16.2 Å². The van der Waals surface area contributed by atoms with E-state index in [1.165, 1.54) is 28.7 Å². The SMILES string of the molecule is Cc1ccc(S(=O)(=O)N2CC2c2ccc(C(F)(F)F)cc2)nc1. The molecule has 1 aliphatic rings. The topological polar surface area (TPSA) is 50.0 Å². The first kappa shape index (κ1) is 15.9. The van der Waals surface area contributed by atoms with Gasteiger partial charge in [-0.15, -0.1) is 0 Å². The minimum Gasteiger partial charge on any atom is -0.243 e. The molecule has 2 aromatic rings. The predicted octanol–water partition coefficient (Wildman–Crippen LogP) is 3.15. The quantitative estimate of drug-likeness (QED) is 0.805. The van der Waals surface area contributed by atoms with Gasteiger partial charge in [0.2, 0.25) is 0 Å². The van der Waals surface area contributed by atoms with Crippen LogP contribution in [0.15, 0.2) is 47.6 Å². The molecule has 1 fully saturated rings. The van der Waals surface area contributed by atoms with E-state index < -0.39 is 27.8 Å². The Morgan fingerprint density at radius 1 is 1.13 bits per heavy atom. The van der Waals surface area contributed by atoms with Crippen molar-refractivity contribution in [2.75, 3.05) is 6.54 Å². The summed E-state index contributed by atoms with van der Waals surface area (Å²) in [4.78, 5) is 3.91. The van der Waals surface area contributed by atoms with Gasteiger partial charge in [0, 0.05) is 12.7 Å². The normalized spacial score (nSPS) is 21.2. The number of aryl methyl sites for hydroxylation is 1. The van der Waals surface area contributed by atoms with Gasteiger partial charge >= 0.3 is 6.18 Å². The van der Waals surface area contributed by atoms with Crippen molar-refractivity contribution in [1.82, 2.24) is 9.29 Å². The molecule has 1 aliphatic heterocycles. The zero-order chi connectivity index (χ0) is 16.8. The number of pyridine rings is 1. The van der Waals surface area contributed by atoms with Gasteiger partial charge < -0.3 is 0 Å². The lowest BCUT2D eigenvalue weighted by atomic mass is 10.1. The molecule has 23 heavy (non-hydrogen) atoms. The fourth-order valence-electron chi connectivity index (χ4n) is 2.28. The van der Waals surface area contributed by atoms with Crippen LogP contribution in [0.4, 0.5) is 13.2 Å². The second-order valence-electron chi connectivity index (χ2n) is 5.38. The summed E-state index contributed by atoms with van der Waals surface area (Å²) < 4.78 is 63.6. The summed E-state index contributed by atoms with van der Waals surface area (Å²) in [5.74, 6) is 0. The average Bonchev–Trinajstić information content (AvgIpc) is 3.28. The molecule has 4 nitrogen and oxygen atoms in total. The zero-order valence-corrected chi connectivity index (χ0v) is 12.9. The Labute approximate surface area is 131 Å². The van der Waals surface area contributed by atoms with Gasteiger partial charge in [0.05, 0.1) is 11.6 Å². The first-order chi connectivity index (χ1) is 10.7. The van der Waals surface area contributed by atoms with E-state index in [1.807, 2.05) is 0 Å². The first-order valence-corrected chi connectivity index (χ1v) is 8.25. The Morgan fingerprint density at radius 2 is 1.78 bits per heavy atom. The van der Waals surface area contributed by atoms with E-state index in [2.05, 4.69) is 4.98 Å². The monoisotopic (exact) mass is 342 g/mol. The maximum Gasteiger partial charge on any atom is 0.416 e. The van der Waals surface area contributed by atoms with E-state index in [-0.39, 0.29) is 11.6 Å². The number of sulfonamides is 1. The molecule has 0 N–H and O–H groups in total. The van der Waals surface area contributed by atoms with Crippen LogP contribution in [0.25, 0.3) is 0 Å². The fourth-order valence-corrected chi connectivity index (χ4v) is 3.74. The van der Waals surface area contributed by atoms with Crippen LogP contribution in [0.3, 0.4) is 0 Å². The lowest BCUT2D eigenvalue weighted by Gasteiger charge is -2.08. The van der Waals surface area contributed by atoms with E-state index >= 15 is 0 Å². The Balaban J connectivity index is 1.80. The predicted molar refractivity (Wildman–Crippen MR) is 77.1 cm³/mol. The highest BCUT2D eigenvalue weighted by Crippen LogP contribution is 2.40. The van der Waals surface area contributed by atoms with Gasteiger partial charge in [0.1, 0.15) is 0 Å². The molecule has 0 spiro atoms. The summed E-state index contributed by atoms with van der Waals surface area (Å²) in [5.41, 5.74) is 0.624. The van der Waals surface area contributed by atoms with E-state index in [0.717, 1.165) is 17.7 Å². The summed E-state index contributed by atoms with van der Waals surface area (Å²) >= 11 is 0. The van der Waals surface area contributed by atoms with Crippen LogP contribution in [0, 0.1) is 6.92 Å². The summed E-state index contributed by atoms with van der Waals surface area (Å²) in [7, 11) is -3.72. The molecule has 2 unspecified atom stereocenters. The minimum atomic E-state index is -4.40. The molecule has 1 aromatic carbocycles.